The van der Waals surface area contributed by atoms with Crippen molar-refractivity contribution >= 4 is 52.2 Å². The summed E-state index contributed by atoms with van der Waals surface area (Å²) in [5, 5.41) is 3.45. The molecular formula is C58H76N6O6S2. The summed E-state index contributed by atoms with van der Waals surface area (Å²) in [6, 6.07) is 12.1. The van der Waals surface area contributed by atoms with E-state index in [1.54, 1.807) is 0 Å². The van der Waals surface area contributed by atoms with E-state index in [0.29, 0.717) is 75.4 Å². The van der Waals surface area contributed by atoms with Gasteiger partial charge in [-0.2, -0.15) is 0 Å². The van der Waals surface area contributed by atoms with E-state index in [1.807, 2.05) is 115 Å². The summed E-state index contributed by atoms with van der Waals surface area (Å²) in [4.78, 5) is 71.9. The highest BCUT2D eigenvalue weighted by Gasteiger charge is 2.38. The van der Waals surface area contributed by atoms with Crippen LogP contribution in [0.4, 0.5) is 4.79 Å². The Hall–Kier alpha value is -5.18. The van der Waals surface area contributed by atoms with E-state index < -0.39 is 5.60 Å². The summed E-state index contributed by atoms with van der Waals surface area (Å²) < 4.78 is 11.8. The molecule has 1 N–H and O–H groups in total. The number of carbonyl (C=O) groups is 4. The summed E-state index contributed by atoms with van der Waals surface area (Å²) in [5.41, 5.74) is 9.39. The van der Waals surface area contributed by atoms with E-state index in [4.69, 9.17) is 14.5 Å². The predicted octanol–water partition coefficient (Wildman–Crippen LogP) is 11.3. The highest BCUT2D eigenvalue weighted by molar-refractivity contribution is 7.13. The number of benzene rings is 1. The Bertz CT molecular complexity index is 2720. The van der Waals surface area contributed by atoms with Crippen molar-refractivity contribution in [3.8, 4) is 5.88 Å². The van der Waals surface area contributed by atoms with Crippen molar-refractivity contribution in [2.45, 2.75) is 145 Å². The van der Waals surface area contributed by atoms with E-state index in [9.17, 15) is 19.2 Å². The number of likely N-dealkylation sites (tertiary alicyclic amines) is 1. The third kappa shape index (κ3) is 11.9. The number of hydrogen-bond acceptors (Lipinski definition) is 10. The molecule has 5 aliphatic rings. The van der Waals surface area contributed by atoms with Crippen LogP contribution in [0.2, 0.25) is 0 Å². The average molecular weight is 1020 g/mol. The minimum atomic E-state index is -0.486. The number of carbonyl (C=O) groups excluding carboxylic acids is 4. The lowest BCUT2D eigenvalue weighted by Crippen LogP contribution is -2.42. The van der Waals surface area contributed by atoms with Crippen LogP contribution >= 0.6 is 22.7 Å². The summed E-state index contributed by atoms with van der Waals surface area (Å²) >= 11 is 3.66. The SMILES string of the molecule is CC1=CC(C)=NC(=O)C1CN1CCc2sc([C@H](C)C3CCNCC3)c(C)c2C1=O.Cc1cc(C)c(CN2CCc3sc([C@H](C)C4CCN(C(=O)OC(C)(C)C)CC4)c(C)c3C2=O)c(OCc2ccccc2)n1. The Kier molecular flexibility index (Phi) is 16.6. The van der Waals surface area contributed by atoms with Crippen LogP contribution < -0.4 is 10.1 Å². The maximum absolute atomic E-state index is 14.0. The monoisotopic (exact) mass is 1020 g/mol. The van der Waals surface area contributed by atoms with Crippen LogP contribution in [0, 0.1) is 45.4 Å². The van der Waals surface area contributed by atoms with Crippen LogP contribution in [-0.4, -0.2) is 101 Å². The second-order valence-electron chi connectivity index (χ2n) is 21.9. The van der Waals surface area contributed by atoms with E-state index in [0.717, 1.165) is 89.1 Å². The maximum atomic E-state index is 14.0. The highest BCUT2D eigenvalue weighted by Crippen LogP contribution is 2.44. The number of dihydropyridines is 1. The average Bonchev–Trinajstić information content (AvgIpc) is 3.87. The fourth-order valence-electron chi connectivity index (χ4n) is 11.4. The number of thiophene rings is 2. The molecule has 4 amide bonds. The molecule has 0 spiro atoms. The van der Waals surface area contributed by atoms with Gasteiger partial charge in [0.15, 0.2) is 0 Å². The number of nitrogens with zero attached hydrogens (tertiary/aromatic N) is 5. The van der Waals surface area contributed by atoms with Crippen LogP contribution in [0.15, 0.2) is 53.0 Å². The fraction of sp³-hybridized carbons (Fsp3) is 0.552. The number of aryl methyl sites for hydroxylation is 2. The minimum absolute atomic E-state index is 0.0932. The van der Waals surface area contributed by atoms with Crippen LogP contribution in [0.25, 0.3) is 0 Å². The molecule has 9 rings (SSSR count). The molecule has 2 saturated heterocycles. The van der Waals surface area contributed by atoms with Gasteiger partial charge in [-0.1, -0.05) is 49.8 Å². The molecule has 8 heterocycles. The Morgan fingerprint density at radius 3 is 1.94 bits per heavy atom. The smallest absolute Gasteiger partial charge is 0.410 e. The lowest BCUT2D eigenvalue weighted by atomic mass is 9.83. The Labute approximate surface area is 435 Å². The lowest BCUT2D eigenvalue weighted by Gasteiger charge is -2.35. The van der Waals surface area contributed by atoms with E-state index >= 15 is 0 Å². The first-order valence-electron chi connectivity index (χ1n) is 26.2. The Balaban J connectivity index is 0.000000208. The van der Waals surface area contributed by atoms with Gasteiger partial charge < -0.3 is 29.5 Å². The molecule has 0 saturated carbocycles. The maximum Gasteiger partial charge on any atom is 0.410 e. The molecule has 1 aromatic carbocycles. The summed E-state index contributed by atoms with van der Waals surface area (Å²) in [5.74, 6) is 2.35. The van der Waals surface area contributed by atoms with Crippen LogP contribution in [0.1, 0.15) is 160 Å². The molecule has 386 valence electrons. The number of aromatic nitrogens is 1. The van der Waals surface area contributed by atoms with Gasteiger partial charge in [0.25, 0.3) is 17.7 Å². The van der Waals surface area contributed by atoms with Gasteiger partial charge in [0, 0.05) is 82.0 Å². The van der Waals surface area contributed by atoms with Gasteiger partial charge in [-0.15, -0.1) is 22.7 Å². The number of nitrogens with one attached hydrogen (secondary N) is 1. The molecule has 2 fully saturated rings. The lowest BCUT2D eigenvalue weighted by molar-refractivity contribution is -0.120. The van der Waals surface area contributed by atoms with Gasteiger partial charge >= 0.3 is 6.09 Å². The van der Waals surface area contributed by atoms with Crippen molar-refractivity contribution in [1.82, 2.24) is 25.0 Å². The number of hydrogen-bond donors (Lipinski definition) is 1. The molecule has 3 atom stereocenters. The highest BCUT2D eigenvalue weighted by atomic mass is 32.1. The number of piperidine rings is 2. The molecule has 14 heteroatoms. The molecule has 0 radical (unpaired) electrons. The number of aliphatic imine (C=N–C) groups is 1. The second kappa shape index (κ2) is 22.5. The van der Waals surface area contributed by atoms with Crippen molar-refractivity contribution < 1.29 is 28.7 Å². The molecule has 12 nitrogen and oxygen atoms in total. The van der Waals surface area contributed by atoms with Gasteiger partial charge in [0.1, 0.15) is 12.2 Å². The molecule has 3 aromatic heterocycles. The standard InChI is InChI=1S/C35H45N3O4S.C23H31N3O2S/c1-22-19-23(2)36-32(41-21-26-11-9-8-10-12-26)28(22)20-38-18-15-29-30(33(38)39)25(4)31(43-29)24(3)27-13-16-37(17-14-27)34(40)42-35(5,6)7;1-13-11-14(2)25-22(27)18(13)12-26-10-7-19-20(23(26)28)16(4)21(29-19)15(3)17-5-8-24-9-6-17/h8-12,19,24,27H,13-18,20-21H2,1-7H3;11,15,17-18,24H,5-10,12H2,1-4H3/t24-;15-,18?/m11/s1. The number of fused-ring (bicyclic) bond motifs is 2. The first-order valence-corrected chi connectivity index (χ1v) is 27.8. The van der Waals surface area contributed by atoms with Crippen LogP contribution in [0.5, 0.6) is 5.88 Å². The van der Waals surface area contributed by atoms with Gasteiger partial charge in [-0.25, -0.2) is 14.8 Å². The molecule has 0 aliphatic carbocycles. The number of rotatable bonds is 11. The molecular weight excluding hydrogens is 941 g/mol. The first-order chi connectivity index (χ1) is 34.3. The summed E-state index contributed by atoms with van der Waals surface area (Å²) in [6.45, 7) is 28.7. The van der Waals surface area contributed by atoms with E-state index in [-0.39, 0.29) is 29.7 Å². The van der Waals surface area contributed by atoms with Gasteiger partial charge in [-0.3, -0.25) is 14.4 Å². The summed E-state index contributed by atoms with van der Waals surface area (Å²) in [6.07, 6.45) is 7.77. The molecule has 5 aliphatic heterocycles. The third-order valence-corrected chi connectivity index (χ3v) is 18.6. The van der Waals surface area contributed by atoms with Crippen LogP contribution in [0.3, 0.4) is 0 Å². The zero-order valence-electron chi connectivity index (χ0n) is 44.5. The predicted molar refractivity (Wildman–Crippen MR) is 289 cm³/mol. The number of allylic oxidation sites excluding steroid dienone is 1. The van der Waals surface area contributed by atoms with Crippen molar-refractivity contribution in [2.75, 3.05) is 45.8 Å². The zero-order valence-corrected chi connectivity index (χ0v) is 46.2. The first kappa shape index (κ1) is 53.1. The molecule has 1 unspecified atom stereocenters. The van der Waals surface area contributed by atoms with Gasteiger partial charge in [0.2, 0.25) is 5.88 Å². The van der Waals surface area contributed by atoms with Crippen molar-refractivity contribution in [3.05, 3.63) is 112 Å². The van der Waals surface area contributed by atoms with Gasteiger partial charge in [0.05, 0.1) is 23.6 Å². The number of amides is 4. The normalized spacial score (nSPS) is 19.7. The van der Waals surface area contributed by atoms with E-state index in [2.05, 4.69) is 51.0 Å². The third-order valence-electron chi connectivity index (χ3n) is 15.5. The molecule has 4 aromatic rings. The van der Waals surface area contributed by atoms with Gasteiger partial charge in [-0.05, 0) is 159 Å². The van der Waals surface area contributed by atoms with Crippen molar-refractivity contribution in [2.24, 2.45) is 22.7 Å². The second-order valence-corrected chi connectivity index (χ2v) is 24.2. The largest absolute Gasteiger partial charge is 0.473 e. The Morgan fingerprint density at radius 1 is 0.792 bits per heavy atom. The zero-order chi connectivity index (χ0) is 51.6. The van der Waals surface area contributed by atoms with Crippen molar-refractivity contribution in [3.63, 3.8) is 0 Å². The minimum Gasteiger partial charge on any atom is -0.473 e. The number of pyridine rings is 1. The van der Waals surface area contributed by atoms with Crippen molar-refractivity contribution in [1.29, 1.82) is 0 Å². The number of ether oxygens (including phenoxy) is 2. The van der Waals surface area contributed by atoms with E-state index in [1.165, 1.54) is 37.9 Å². The topological polar surface area (TPSA) is 134 Å². The quantitative estimate of drug-likeness (QED) is 0.157. The Morgan fingerprint density at radius 2 is 1.36 bits per heavy atom. The summed E-state index contributed by atoms with van der Waals surface area (Å²) in [7, 11) is 0. The fourth-order valence-corrected chi connectivity index (χ4v) is 14.2. The van der Waals surface area contributed by atoms with Crippen LogP contribution in [-0.2, 0) is 35.5 Å². The molecule has 0 bridgehead atoms. The molecule has 72 heavy (non-hydrogen) atoms.